The van der Waals surface area contributed by atoms with Crippen LogP contribution in [0.4, 0.5) is 5.69 Å². The van der Waals surface area contributed by atoms with Crippen LogP contribution in [0.2, 0.25) is 0 Å². The summed E-state index contributed by atoms with van der Waals surface area (Å²) >= 11 is 0. The Kier molecular flexibility index (Phi) is 2.64. The second-order valence-corrected chi connectivity index (χ2v) is 3.86. The fourth-order valence-electron chi connectivity index (χ4n) is 1.93. The van der Waals surface area contributed by atoms with E-state index >= 15 is 0 Å². The zero-order valence-electron chi connectivity index (χ0n) is 9.86. The summed E-state index contributed by atoms with van der Waals surface area (Å²) in [4.78, 5) is 4.27. The summed E-state index contributed by atoms with van der Waals surface area (Å²) in [6.07, 6.45) is 2.64. The van der Waals surface area contributed by atoms with E-state index in [9.17, 15) is 0 Å². The van der Waals surface area contributed by atoms with Gasteiger partial charge >= 0.3 is 0 Å². The molecule has 2 heterocycles. The molecule has 0 fully saturated rings. The molecule has 0 bridgehead atoms. The number of nitrogens with zero attached hydrogens (tertiary/aromatic N) is 3. The first-order valence-electron chi connectivity index (χ1n) is 5.40. The van der Waals surface area contributed by atoms with Gasteiger partial charge in [0.15, 0.2) is 5.82 Å². The molecule has 0 atom stereocenters. The van der Waals surface area contributed by atoms with Gasteiger partial charge in [0.2, 0.25) is 0 Å². The largest absolute Gasteiger partial charge is 0.397 e. The van der Waals surface area contributed by atoms with Gasteiger partial charge in [0.1, 0.15) is 0 Å². The molecule has 0 amide bonds. The lowest BCUT2D eigenvalue weighted by atomic mass is 10.1. The number of nitrogen functional groups attached to an aromatic ring is 1. The summed E-state index contributed by atoms with van der Waals surface area (Å²) in [7, 11) is 0. The van der Waals surface area contributed by atoms with E-state index in [1.165, 1.54) is 5.56 Å². The summed E-state index contributed by atoms with van der Waals surface area (Å²) in [6, 6.07) is 3.72. The molecule has 0 aliphatic heterocycles. The molecule has 16 heavy (non-hydrogen) atoms. The van der Waals surface area contributed by atoms with Gasteiger partial charge in [-0.2, -0.15) is 5.10 Å². The maximum atomic E-state index is 5.61. The maximum Gasteiger partial charge on any atom is 0.153 e. The zero-order chi connectivity index (χ0) is 11.7. The van der Waals surface area contributed by atoms with E-state index in [4.69, 9.17) is 5.73 Å². The highest BCUT2D eigenvalue weighted by atomic mass is 15.3. The van der Waals surface area contributed by atoms with Gasteiger partial charge in [0, 0.05) is 5.69 Å². The lowest BCUT2D eigenvalue weighted by Gasteiger charge is -2.03. The van der Waals surface area contributed by atoms with E-state index in [1.807, 2.05) is 23.7 Å². The van der Waals surface area contributed by atoms with Crippen LogP contribution in [0.5, 0.6) is 0 Å². The third-order valence-corrected chi connectivity index (χ3v) is 2.78. The van der Waals surface area contributed by atoms with Gasteiger partial charge in [-0.15, -0.1) is 0 Å². The number of aryl methyl sites for hydroxylation is 1. The molecule has 0 saturated carbocycles. The first-order chi connectivity index (χ1) is 7.63. The molecule has 0 unspecified atom stereocenters. The van der Waals surface area contributed by atoms with Gasteiger partial charge < -0.3 is 5.73 Å². The van der Waals surface area contributed by atoms with Gasteiger partial charge in [0.25, 0.3) is 0 Å². The van der Waals surface area contributed by atoms with Crippen LogP contribution in [0.25, 0.3) is 5.82 Å². The summed E-state index contributed by atoms with van der Waals surface area (Å²) in [6.45, 7) is 6.23. The van der Waals surface area contributed by atoms with E-state index in [1.54, 1.807) is 6.20 Å². The SMILES string of the molecule is CCc1c(C)nn(-c2ccc(N)cn2)c1C. The van der Waals surface area contributed by atoms with Crippen molar-refractivity contribution in [2.75, 3.05) is 5.73 Å². The Morgan fingerprint density at radius 2 is 2.06 bits per heavy atom. The van der Waals surface area contributed by atoms with Crippen LogP contribution in [0.15, 0.2) is 18.3 Å². The Hall–Kier alpha value is -1.84. The second kappa shape index (κ2) is 3.96. The van der Waals surface area contributed by atoms with E-state index in [0.29, 0.717) is 5.69 Å². The average molecular weight is 216 g/mol. The normalized spacial score (nSPS) is 10.7. The number of aromatic nitrogens is 3. The smallest absolute Gasteiger partial charge is 0.153 e. The summed E-state index contributed by atoms with van der Waals surface area (Å²) in [5.41, 5.74) is 9.79. The number of hydrogen-bond acceptors (Lipinski definition) is 3. The Labute approximate surface area is 95.1 Å². The molecule has 2 N–H and O–H groups in total. The maximum absolute atomic E-state index is 5.61. The van der Waals surface area contributed by atoms with Gasteiger partial charge in [-0.05, 0) is 38.0 Å². The molecule has 0 radical (unpaired) electrons. The first kappa shape index (κ1) is 10.7. The molecule has 0 aliphatic carbocycles. The lowest BCUT2D eigenvalue weighted by Crippen LogP contribution is -2.02. The summed E-state index contributed by atoms with van der Waals surface area (Å²) < 4.78 is 1.87. The summed E-state index contributed by atoms with van der Waals surface area (Å²) in [5, 5.41) is 4.49. The van der Waals surface area contributed by atoms with Crippen LogP contribution >= 0.6 is 0 Å². The van der Waals surface area contributed by atoms with Crippen LogP contribution in [-0.4, -0.2) is 14.8 Å². The van der Waals surface area contributed by atoms with Crippen molar-refractivity contribution in [3.8, 4) is 5.82 Å². The molecule has 2 rings (SSSR count). The standard InChI is InChI=1S/C12H16N4/c1-4-11-8(2)15-16(9(11)3)12-6-5-10(13)7-14-12/h5-7H,4,13H2,1-3H3. The van der Waals surface area contributed by atoms with Crippen molar-refractivity contribution in [2.45, 2.75) is 27.2 Å². The zero-order valence-corrected chi connectivity index (χ0v) is 9.86. The van der Waals surface area contributed by atoms with E-state index < -0.39 is 0 Å². The second-order valence-electron chi connectivity index (χ2n) is 3.86. The predicted octanol–water partition coefficient (Wildman–Crippen LogP) is 2.03. The topological polar surface area (TPSA) is 56.7 Å². The Morgan fingerprint density at radius 3 is 2.56 bits per heavy atom. The minimum Gasteiger partial charge on any atom is -0.397 e. The Bertz CT molecular complexity index is 496. The van der Waals surface area contributed by atoms with Crippen molar-refractivity contribution >= 4 is 5.69 Å². The van der Waals surface area contributed by atoms with Gasteiger partial charge in [-0.1, -0.05) is 6.92 Å². The highest BCUT2D eigenvalue weighted by molar-refractivity contribution is 5.40. The lowest BCUT2D eigenvalue weighted by molar-refractivity contribution is 0.805. The molecule has 84 valence electrons. The Balaban J connectivity index is 2.52. The quantitative estimate of drug-likeness (QED) is 0.835. The molecule has 0 aliphatic rings. The third-order valence-electron chi connectivity index (χ3n) is 2.78. The number of rotatable bonds is 2. The van der Waals surface area contributed by atoms with E-state index in [2.05, 4.69) is 23.9 Å². The third kappa shape index (κ3) is 1.66. The number of nitrogens with two attached hydrogens (primary N) is 1. The fourth-order valence-corrected chi connectivity index (χ4v) is 1.93. The molecular formula is C12H16N4. The molecule has 4 heteroatoms. The molecule has 2 aromatic heterocycles. The number of anilines is 1. The number of pyridine rings is 1. The molecule has 0 aromatic carbocycles. The highest BCUT2D eigenvalue weighted by Crippen LogP contribution is 2.17. The van der Waals surface area contributed by atoms with Crippen LogP contribution in [-0.2, 0) is 6.42 Å². The molecule has 0 spiro atoms. The van der Waals surface area contributed by atoms with E-state index in [0.717, 1.165) is 23.6 Å². The average Bonchev–Trinajstić information content (AvgIpc) is 2.55. The van der Waals surface area contributed by atoms with Gasteiger partial charge in [-0.25, -0.2) is 9.67 Å². The van der Waals surface area contributed by atoms with Crippen molar-refractivity contribution in [1.82, 2.24) is 14.8 Å². The molecule has 2 aromatic rings. The van der Waals surface area contributed by atoms with Crippen molar-refractivity contribution < 1.29 is 0 Å². The first-order valence-corrected chi connectivity index (χ1v) is 5.40. The molecule has 0 saturated heterocycles. The Morgan fingerprint density at radius 1 is 1.31 bits per heavy atom. The van der Waals surface area contributed by atoms with Crippen LogP contribution in [0, 0.1) is 13.8 Å². The van der Waals surface area contributed by atoms with Crippen LogP contribution < -0.4 is 5.73 Å². The van der Waals surface area contributed by atoms with Crippen LogP contribution in [0.3, 0.4) is 0 Å². The number of hydrogen-bond donors (Lipinski definition) is 1. The van der Waals surface area contributed by atoms with Gasteiger partial charge in [0.05, 0.1) is 17.6 Å². The minimum absolute atomic E-state index is 0.668. The van der Waals surface area contributed by atoms with Crippen LogP contribution in [0.1, 0.15) is 23.9 Å². The van der Waals surface area contributed by atoms with Crippen molar-refractivity contribution in [3.05, 3.63) is 35.3 Å². The molecule has 4 nitrogen and oxygen atoms in total. The highest BCUT2D eigenvalue weighted by Gasteiger charge is 2.11. The monoisotopic (exact) mass is 216 g/mol. The van der Waals surface area contributed by atoms with Crippen molar-refractivity contribution in [3.63, 3.8) is 0 Å². The molecular weight excluding hydrogens is 200 g/mol. The minimum atomic E-state index is 0.668. The van der Waals surface area contributed by atoms with Crippen molar-refractivity contribution in [1.29, 1.82) is 0 Å². The predicted molar refractivity (Wildman–Crippen MR) is 64.6 cm³/mol. The van der Waals surface area contributed by atoms with Crippen molar-refractivity contribution in [2.24, 2.45) is 0 Å². The van der Waals surface area contributed by atoms with E-state index in [-0.39, 0.29) is 0 Å². The summed E-state index contributed by atoms with van der Waals surface area (Å²) in [5.74, 6) is 0.814. The fraction of sp³-hybridized carbons (Fsp3) is 0.333. The van der Waals surface area contributed by atoms with Gasteiger partial charge in [-0.3, -0.25) is 0 Å².